The molecule has 1 aliphatic rings. The fourth-order valence-electron chi connectivity index (χ4n) is 3.09. The summed E-state index contributed by atoms with van der Waals surface area (Å²) in [6.07, 6.45) is 0. The molecule has 0 bridgehead atoms. The number of carbonyl (C=O) groups is 1. The molecule has 0 spiro atoms. The first-order valence-corrected chi connectivity index (χ1v) is 8.76. The minimum Gasteiger partial charge on any atom is -0.466 e. The molecule has 0 aliphatic carbocycles. The van der Waals surface area contributed by atoms with Gasteiger partial charge in [0.15, 0.2) is 16.7 Å². The Hall–Kier alpha value is -2.87. The van der Waals surface area contributed by atoms with Crippen molar-refractivity contribution in [3.63, 3.8) is 0 Å². The van der Waals surface area contributed by atoms with Crippen LogP contribution in [0.25, 0.3) is 0 Å². The lowest BCUT2D eigenvalue weighted by molar-refractivity contribution is -0.136. The lowest BCUT2D eigenvalue weighted by Crippen LogP contribution is -2.48. The Bertz CT molecular complexity index is 1010. The van der Waals surface area contributed by atoms with Gasteiger partial charge in [-0.3, -0.25) is 4.90 Å². The molecule has 0 aromatic heterocycles. The maximum absolute atomic E-state index is 14.1. The summed E-state index contributed by atoms with van der Waals surface area (Å²) in [5.41, 5.74) is 1.74. The third-order valence-electron chi connectivity index (χ3n) is 4.58. The van der Waals surface area contributed by atoms with Crippen LogP contribution >= 0.6 is 12.2 Å². The van der Waals surface area contributed by atoms with Gasteiger partial charge in [0.2, 0.25) is 0 Å². The largest absolute Gasteiger partial charge is 0.466 e. The maximum atomic E-state index is 14.1. The molecule has 1 aliphatic heterocycles. The molecule has 0 unspecified atom stereocenters. The van der Waals surface area contributed by atoms with Crippen LogP contribution < -0.4 is 10.2 Å². The monoisotopic (exact) mass is 406 g/mol. The van der Waals surface area contributed by atoms with E-state index in [2.05, 4.69) is 5.32 Å². The highest BCUT2D eigenvalue weighted by molar-refractivity contribution is 7.80. The SMILES string of the molecule is COC(=O)C1=C(C)N(c2ccc(C)c(F)c2)C(=S)N[C@H]1c1ccc(F)c(F)c1. The average Bonchev–Trinajstić information content (AvgIpc) is 2.65. The van der Waals surface area contributed by atoms with Crippen molar-refractivity contribution in [2.45, 2.75) is 19.9 Å². The molecule has 1 atom stereocenters. The van der Waals surface area contributed by atoms with Crippen molar-refractivity contribution < 1.29 is 22.7 Å². The van der Waals surface area contributed by atoms with Crippen LogP contribution in [-0.4, -0.2) is 18.2 Å². The number of methoxy groups -OCH3 is 1. The molecule has 8 heteroatoms. The number of aryl methyl sites for hydroxylation is 1. The van der Waals surface area contributed by atoms with Crippen molar-refractivity contribution in [1.29, 1.82) is 0 Å². The number of ether oxygens (including phenoxy) is 1. The Kier molecular flexibility index (Phi) is 5.42. The van der Waals surface area contributed by atoms with Crippen LogP contribution in [0.4, 0.5) is 18.9 Å². The molecule has 0 amide bonds. The molecule has 2 aromatic carbocycles. The Morgan fingerprint density at radius 1 is 1.07 bits per heavy atom. The molecular formula is C20H17F3N2O2S. The predicted molar refractivity (Wildman–Crippen MR) is 103 cm³/mol. The van der Waals surface area contributed by atoms with Crippen LogP contribution in [0, 0.1) is 24.4 Å². The number of benzene rings is 2. The van der Waals surface area contributed by atoms with Crippen molar-refractivity contribution in [2.75, 3.05) is 12.0 Å². The maximum Gasteiger partial charge on any atom is 0.337 e. The van der Waals surface area contributed by atoms with Crippen LogP contribution in [0.1, 0.15) is 24.1 Å². The number of anilines is 1. The Morgan fingerprint density at radius 3 is 2.39 bits per heavy atom. The molecule has 1 N–H and O–H groups in total. The van der Waals surface area contributed by atoms with Gasteiger partial charge in [0.25, 0.3) is 0 Å². The van der Waals surface area contributed by atoms with Crippen LogP contribution in [0.5, 0.6) is 0 Å². The van der Waals surface area contributed by atoms with Crippen molar-refractivity contribution in [2.24, 2.45) is 0 Å². The summed E-state index contributed by atoms with van der Waals surface area (Å²) in [6, 6.07) is 7.05. The number of hydrogen-bond acceptors (Lipinski definition) is 3. The number of esters is 1. The van der Waals surface area contributed by atoms with Crippen molar-refractivity contribution in [3.05, 3.63) is 76.2 Å². The van der Waals surface area contributed by atoms with Gasteiger partial charge in [-0.15, -0.1) is 0 Å². The fourth-order valence-corrected chi connectivity index (χ4v) is 3.45. The molecule has 4 nitrogen and oxygen atoms in total. The predicted octanol–water partition coefficient (Wildman–Crippen LogP) is 4.30. The molecule has 0 saturated carbocycles. The van der Waals surface area contributed by atoms with Gasteiger partial charge in [0.1, 0.15) is 5.82 Å². The normalized spacial score (nSPS) is 16.9. The number of nitrogens with one attached hydrogen (secondary N) is 1. The lowest BCUT2D eigenvalue weighted by Gasteiger charge is -2.37. The average molecular weight is 406 g/mol. The summed E-state index contributed by atoms with van der Waals surface area (Å²) in [5.74, 6) is -3.13. The first-order valence-electron chi connectivity index (χ1n) is 8.35. The van der Waals surface area contributed by atoms with E-state index in [1.807, 2.05) is 0 Å². The van der Waals surface area contributed by atoms with E-state index in [4.69, 9.17) is 17.0 Å². The van der Waals surface area contributed by atoms with Crippen LogP contribution in [0.15, 0.2) is 47.7 Å². The fraction of sp³-hybridized carbons (Fsp3) is 0.200. The van der Waals surface area contributed by atoms with Gasteiger partial charge in [0.05, 0.1) is 24.4 Å². The topological polar surface area (TPSA) is 41.6 Å². The van der Waals surface area contributed by atoms with Crippen LogP contribution in [0.2, 0.25) is 0 Å². The van der Waals surface area contributed by atoms with Gasteiger partial charge >= 0.3 is 5.97 Å². The summed E-state index contributed by atoms with van der Waals surface area (Å²) in [5, 5.41) is 3.13. The molecule has 1 heterocycles. The van der Waals surface area contributed by atoms with Crippen LogP contribution in [0.3, 0.4) is 0 Å². The quantitative estimate of drug-likeness (QED) is 0.608. The highest BCUT2D eigenvalue weighted by atomic mass is 32.1. The Morgan fingerprint density at radius 2 is 1.79 bits per heavy atom. The smallest absolute Gasteiger partial charge is 0.337 e. The van der Waals surface area contributed by atoms with Gasteiger partial charge in [-0.05, 0) is 61.5 Å². The third-order valence-corrected chi connectivity index (χ3v) is 4.88. The van der Waals surface area contributed by atoms with E-state index in [0.29, 0.717) is 22.5 Å². The van der Waals surface area contributed by atoms with E-state index in [1.54, 1.807) is 26.0 Å². The van der Waals surface area contributed by atoms with Gasteiger partial charge in [-0.2, -0.15) is 0 Å². The highest BCUT2D eigenvalue weighted by Crippen LogP contribution is 2.35. The van der Waals surface area contributed by atoms with Gasteiger partial charge in [0, 0.05) is 5.70 Å². The number of rotatable bonds is 3. The highest BCUT2D eigenvalue weighted by Gasteiger charge is 2.35. The number of thiocarbonyl (C=S) groups is 1. The minimum absolute atomic E-state index is 0.156. The first kappa shape index (κ1) is 19.9. The molecule has 0 fully saturated rings. The molecule has 146 valence electrons. The lowest BCUT2D eigenvalue weighted by atomic mass is 9.94. The van der Waals surface area contributed by atoms with E-state index in [0.717, 1.165) is 12.1 Å². The molecular weight excluding hydrogens is 389 g/mol. The minimum atomic E-state index is -1.05. The zero-order valence-corrected chi connectivity index (χ0v) is 16.2. The van der Waals surface area contributed by atoms with E-state index in [-0.39, 0.29) is 10.7 Å². The van der Waals surface area contributed by atoms with Gasteiger partial charge in [-0.25, -0.2) is 18.0 Å². The molecule has 3 rings (SSSR count). The first-order chi connectivity index (χ1) is 13.2. The van der Waals surface area contributed by atoms with Crippen molar-refractivity contribution in [1.82, 2.24) is 5.32 Å². The van der Waals surface area contributed by atoms with Gasteiger partial charge in [-0.1, -0.05) is 12.1 Å². The third kappa shape index (κ3) is 3.47. The van der Waals surface area contributed by atoms with Crippen LogP contribution in [-0.2, 0) is 9.53 Å². The summed E-state index contributed by atoms with van der Waals surface area (Å²) in [7, 11) is 1.22. The standard InChI is InChI=1S/C20H17F3N2O2S/c1-10-4-6-13(9-15(10)22)25-11(2)17(19(26)27-3)18(24-20(25)28)12-5-7-14(21)16(23)8-12/h4-9,18H,1-3H3,(H,24,28)/t18-/m0/s1. The Labute approximate surface area is 165 Å². The second kappa shape index (κ2) is 7.63. The second-order valence-corrected chi connectivity index (χ2v) is 6.70. The summed E-state index contributed by atoms with van der Waals surface area (Å²) < 4.78 is 46.0. The molecule has 0 saturated heterocycles. The zero-order chi connectivity index (χ0) is 20.6. The summed E-state index contributed by atoms with van der Waals surface area (Å²) in [6.45, 7) is 3.26. The number of nitrogens with zero attached hydrogens (tertiary/aromatic N) is 1. The number of carbonyl (C=O) groups excluding carboxylic acids is 1. The van der Waals surface area contributed by atoms with E-state index in [9.17, 15) is 18.0 Å². The van der Waals surface area contributed by atoms with Gasteiger partial charge < -0.3 is 10.1 Å². The van der Waals surface area contributed by atoms with E-state index < -0.39 is 29.5 Å². The molecule has 0 radical (unpaired) electrons. The summed E-state index contributed by atoms with van der Waals surface area (Å²) in [4.78, 5) is 14.0. The Balaban J connectivity index is 2.16. The van der Waals surface area contributed by atoms with Crippen molar-refractivity contribution in [3.8, 4) is 0 Å². The summed E-state index contributed by atoms with van der Waals surface area (Å²) >= 11 is 5.41. The number of allylic oxidation sites excluding steroid dienone is 1. The second-order valence-electron chi connectivity index (χ2n) is 6.32. The number of halogens is 3. The van der Waals surface area contributed by atoms with Crippen molar-refractivity contribution >= 4 is 29.0 Å². The van der Waals surface area contributed by atoms with E-state index in [1.165, 1.54) is 24.1 Å². The number of hydrogen-bond donors (Lipinski definition) is 1. The van der Waals surface area contributed by atoms with E-state index >= 15 is 0 Å². The molecule has 28 heavy (non-hydrogen) atoms. The molecule has 2 aromatic rings. The zero-order valence-electron chi connectivity index (χ0n) is 15.3.